The van der Waals surface area contributed by atoms with Crippen molar-refractivity contribution in [2.45, 2.75) is 18.9 Å². The van der Waals surface area contributed by atoms with E-state index in [0.29, 0.717) is 12.8 Å². The van der Waals surface area contributed by atoms with Crippen molar-refractivity contribution in [2.75, 3.05) is 0 Å². The SMILES string of the molecule is N#CC(CCc1cccc(F)c1)Oc1ccccc1F. The Hall–Kier alpha value is -2.41. The lowest BCUT2D eigenvalue weighted by Crippen LogP contribution is -2.15. The molecule has 0 N–H and O–H groups in total. The van der Waals surface area contributed by atoms with Crippen molar-refractivity contribution < 1.29 is 13.5 Å². The molecular weight excluding hydrogens is 260 g/mol. The van der Waals surface area contributed by atoms with E-state index in [1.54, 1.807) is 24.3 Å². The summed E-state index contributed by atoms with van der Waals surface area (Å²) in [5, 5.41) is 9.04. The average molecular weight is 273 g/mol. The number of halogens is 2. The Morgan fingerprint density at radius 2 is 1.90 bits per heavy atom. The van der Waals surface area contributed by atoms with Gasteiger partial charge in [-0.15, -0.1) is 0 Å². The van der Waals surface area contributed by atoms with E-state index >= 15 is 0 Å². The number of para-hydroxylation sites is 1. The molecule has 2 rings (SSSR count). The van der Waals surface area contributed by atoms with Crippen LogP contribution in [0.4, 0.5) is 8.78 Å². The molecule has 0 aliphatic carbocycles. The van der Waals surface area contributed by atoms with Gasteiger partial charge in [0.25, 0.3) is 0 Å². The van der Waals surface area contributed by atoms with Gasteiger partial charge in [-0.3, -0.25) is 0 Å². The summed E-state index contributed by atoms with van der Waals surface area (Å²) < 4.78 is 31.8. The first-order valence-electron chi connectivity index (χ1n) is 6.24. The molecule has 0 bridgehead atoms. The van der Waals surface area contributed by atoms with Gasteiger partial charge >= 0.3 is 0 Å². The Balaban J connectivity index is 1.97. The smallest absolute Gasteiger partial charge is 0.184 e. The van der Waals surface area contributed by atoms with Crippen LogP contribution in [0.25, 0.3) is 0 Å². The van der Waals surface area contributed by atoms with Gasteiger partial charge in [-0.1, -0.05) is 24.3 Å². The molecule has 0 aromatic heterocycles. The van der Waals surface area contributed by atoms with Gasteiger partial charge in [0.1, 0.15) is 11.9 Å². The minimum Gasteiger partial charge on any atom is -0.472 e. The predicted molar refractivity (Wildman–Crippen MR) is 71.2 cm³/mol. The number of ether oxygens (including phenoxy) is 1. The molecule has 2 aromatic carbocycles. The van der Waals surface area contributed by atoms with Gasteiger partial charge in [-0.2, -0.15) is 5.26 Å². The quantitative estimate of drug-likeness (QED) is 0.828. The molecule has 4 heteroatoms. The molecule has 1 atom stereocenters. The molecule has 0 amide bonds. The number of hydrogen-bond acceptors (Lipinski definition) is 2. The van der Waals surface area contributed by atoms with Crippen LogP contribution < -0.4 is 4.74 Å². The van der Waals surface area contributed by atoms with E-state index in [1.807, 2.05) is 6.07 Å². The second-order valence-electron chi connectivity index (χ2n) is 4.33. The van der Waals surface area contributed by atoms with Crippen molar-refractivity contribution in [1.29, 1.82) is 5.26 Å². The summed E-state index contributed by atoms with van der Waals surface area (Å²) in [6.45, 7) is 0. The molecule has 0 aliphatic heterocycles. The summed E-state index contributed by atoms with van der Waals surface area (Å²) in [4.78, 5) is 0. The Morgan fingerprint density at radius 3 is 2.60 bits per heavy atom. The van der Waals surface area contributed by atoms with Crippen molar-refractivity contribution in [3.63, 3.8) is 0 Å². The monoisotopic (exact) mass is 273 g/mol. The minimum absolute atomic E-state index is 0.0540. The van der Waals surface area contributed by atoms with Crippen LogP contribution in [0.5, 0.6) is 5.75 Å². The van der Waals surface area contributed by atoms with E-state index in [1.165, 1.54) is 24.3 Å². The largest absolute Gasteiger partial charge is 0.472 e. The molecule has 20 heavy (non-hydrogen) atoms. The summed E-state index contributed by atoms with van der Waals surface area (Å²) in [6, 6.07) is 14.1. The molecule has 0 radical (unpaired) electrons. The first-order chi connectivity index (χ1) is 9.69. The summed E-state index contributed by atoms with van der Waals surface area (Å²) >= 11 is 0. The average Bonchev–Trinajstić information content (AvgIpc) is 2.45. The highest BCUT2D eigenvalue weighted by Crippen LogP contribution is 2.18. The number of benzene rings is 2. The molecule has 0 aliphatic rings. The minimum atomic E-state index is -0.768. The van der Waals surface area contributed by atoms with Gasteiger partial charge in [0.05, 0.1) is 0 Å². The summed E-state index contributed by atoms with van der Waals surface area (Å²) in [6.07, 6.45) is 0.0915. The lowest BCUT2D eigenvalue weighted by molar-refractivity contribution is 0.234. The lowest BCUT2D eigenvalue weighted by atomic mass is 10.1. The van der Waals surface area contributed by atoms with E-state index < -0.39 is 11.9 Å². The number of aryl methyl sites for hydroxylation is 1. The molecule has 2 aromatic rings. The maximum Gasteiger partial charge on any atom is 0.184 e. The Morgan fingerprint density at radius 1 is 1.10 bits per heavy atom. The summed E-state index contributed by atoms with van der Waals surface area (Å²) in [7, 11) is 0. The van der Waals surface area contributed by atoms with Crippen LogP contribution >= 0.6 is 0 Å². The first kappa shape index (κ1) is 14.0. The van der Waals surface area contributed by atoms with Gasteiger partial charge in [-0.05, 0) is 36.2 Å². The van der Waals surface area contributed by atoms with E-state index in [0.717, 1.165) is 5.56 Å². The van der Waals surface area contributed by atoms with E-state index in [9.17, 15) is 8.78 Å². The van der Waals surface area contributed by atoms with Crippen LogP contribution in [0.3, 0.4) is 0 Å². The second-order valence-corrected chi connectivity index (χ2v) is 4.33. The standard InChI is InChI=1S/C16H13F2NO/c17-13-5-3-4-12(10-13)8-9-14(11-19)20-16-7-2-1-6-15(16)18/h1-7,10,14H,8-9H2. The third-order valence-corrected chi connectivity index (χ3v) is 2.83. The fourth-order valence-corrected chi connectivity index (χ4v) is 1.83. The van der Waals surface area contributed by atoms with Crippen molar-refractivity contribution in [1.82, 2.24) is 0 Å². The van der Waals surface area contributed by atoms with Gasteiger partial charge in [-0.25, -0.2) is 8.78 Å². The van der Waals surface area contributed by atoms with Crippen LogP contribution in [-0.4, -0.2) is 6.10 Å². The van der Waals surface area contributed by atoms with Gasteiger partial charge < -0.3 is 4.74 Å². The molecule has 0 heterocycles. The van der Waals surface area contributed by atoms with E-state index in [2.05, 4.69) is 0 Å². The number of hydrogen-bond donors (Lipinski definition) is 0. The lowest BCUT2D eigenvalue weighted by Gasteiger charge is -2.12. The maximum absolute atomic E-state index is 13.4. The number of rotatable bonds is 5. The van der Waals surface area contributed by atoms with Crippen molar-refractivity contribution >= 4 is 0 Å². The maximum atomic E-state index is 13.4. The van der Waals surface area contributed by atoms with Gasteiger partial charge in [0.2, 0.25) is 0 Å². The number of nitriles is 1. The van der Waals surface area contributed by atoms with Crippen LogP contribution in [0, 0.1) is 23.0 Å². The molecule has 0 saturated carbocycles. The number of nitrogens with zero attached hydrogens (tertiary/aromatic N) is 1. The molecule has 0 saturated heterocycles. The third-order valence-electron chi connectivity index (χ3n) is 2.83. The van der Waals surface area contributed by atoms with Crippen LogP contribution in [0.1, 0.15) is 12.0 Å². The highest BCUT2D eigenvalue weighted by atomic mass is 19.1. The summed E-state index contributed by atoms with van der Waals surface area (Å²) in [5.41, 5.74) is 0.780. The van der Waals surface area contributed by atoms with Crippen LogP contribution in [0.15, 0.2) is 48.5 Å². The predicted octanol–water partition coefficient (Wildman–Crippen LogP) is 3.87. The van der Waals surface area contributed by atoms with Crippen molar-refractivity contribution in [2.24, 2.45) is 0 Å². The molecule has 102 valence electrons. The Labute approximate surface area is 116 Å². The zero-order valence-electron chi connectivity index (χ0n) is 10.7. The van der Waals surface area contributed by atoms with Gasteiger partial charge in [0, 0.05) is 6.42 Å². The van der Waals surface area contributed by atoms with Crippen LogP contribution in [0.2, 0.25) is 0 Å². The highest BCUT2D eigenvalue weighted by molar-refractivity contribution is 5.24. The first-order valence-corrected chi connectivity index (χ1v) is 6.24. The molecular formula is C16H13F2NO. The molecule has 1 unspecified atom stereocenters. The molecule has 0 spiro atoms. The Kier molecular flexibility index (Phi) is 4.67. The van der Waals surface area contributed by atoms with Crippen LogP contribution in [-0.2, 0) is 6.42 Å². The second kappa shape index (κ2) is 6.67. The van der Waals surface area contributed by atoms with E-state index in [-0.39, 0.29) is 11.6 Å². The Bertz CT molecular complexity index is 622. The molecule has 2 nitrogen and oxygen atoms in total. The van der Waals surface area contributed by atoms with Gasteiger partial charge in [0.15, 0.2) is 17.7 Å². The summed E-state index contributed by atoms with van der Waals surface area (Å²) in [5.74, 6) is -0.761. The van der Waals surface area contributed by atoms with Crippen molar-refractivity contribution in [3.05, 3.63) is 65.7 Å². The molecule has 0 fully saturated rings. The zero-order chi connectivity index (χ0) is 14.4. The fourth-order valence-electron chi connectivity index (χ4n) is 1.83. The van der Waals surface area contributed by atoms with Crippen molar-refractivity contribution in [3.8, 4) is 11.8 Å². The third kappa shape index (κ3) is 3.79. The topological polar surface area (TPSA) is 33.0 Å². The normalized spacial score (nSPS) is 11.7. The fraction of sp³-hybridized carbons (Fsp3) is 0.188. The highest BCUT2D eigenvalue weighted by Gasteiger charge is 2.12. The zero-order valence-corrected chi connectivity index (χ0v) is 10.7. The van der Waals surface area contributed by atoms with E-state index in [4.69, 9.17) is 10.00 Å².